The van der Waals surface area contributed by atoms with Crippen LogP contribution in [0.2, 0.25) is 0 Å². The van der Waals surface area contributed by atoms with Crippen molar-refractivity contribution < 1.29 is 0 Å². The summed E-state index contributed by atoms with van der Waals surface area (Å²) >= 11 is 0. The number of nitrogens with zero attached hydrogens (tertiary/aromatic N) is 1. The molecule has 0 spiro atoms. The lowest BCUT2D eigenvalue weighted by molar-refractivity contribution is 0.221. The molecular weight excluding hydrogens is 170 g/mol. The SMILES string of the molecule is CC1CCCN(C)C1.c1ccccc1. The van der Waals surface area contributed by atoms with Gasteiger partial charge in [0.2, 0.25) is 0 Å². The third-order valence-corrected chi connectivity index (χ3v) is 2.53. The van der Waals surface area contributed by atoms with Crippen molar-refractivity contribution in [3.05, 3.63) is 36.4 Å². The van der Waals surface area contributed by atoms with Crippen LogP contribution in [0.3, 0.4) is 0 Å². The predicted octanol–water partition coefficient (Wildman–Crippen LogP) is 3.03. The lowest BCUT2D eigenvalue weighted by atomic mass is 10.0. The van der Waals surface area contributed by atoms with E-state index >= 15 is 0 Å². The minimum atomic E-state index is 0.939. The first kappa shape index (κ1) is 11.3. The van der Waals surface area contributed by atoms with Crippen LogP contribution in [0, 0.1) is 5.92 Å². The molecule has 0 N–H and O–H groups in total. The van der Waals surface area contributed by atoms with Gasteiger partial charge in [0.25, 0.3) is 0 Å². The topological polar surface area (TPSA) is 3.24 Å². The Morgan fingerprint density at radius 3 is 1.79 bits per heavy atom. The van der Waals surface area contributed by atoms with Crippen molar-refractivity contribution >= 4 is 0 Å². The molecule has 0 aliphatic carbocycles. The van der Waals surface area contributed by atoms with Gasteiger partial charge in [-0.2, -0.15) is 0 Å². The quantitative estimate of drug-likeness (QED) is 0.609. The maximum atomic E-state index is 2.41. The molecule has 14 heavy (non-hydrogen) atoms. The Morgan fingerprint density at radius 2 is 1.50 bits per heavy atom. The Balaban J connectivity index is 0.000000146. The fraction of sp³-hybridized carbons (Fsp3) is 0.538. The van der Waals surface area contributed by atoms with Crippen LogP contribution in [0.25, 0.3) is 0 Å². The van der Waals surface area contributed by atoms with E-state index in [1.54, 1.807) is 0 Å². The van der Waals surface area contributed by atoms with E-state index in [0.717, 1.165) is 5.92 Å². The lowest BCUT2D eigenvalue weighted by Gasteiger charge is -2.26. The highest BCUT2D eigenvalue weighted by molar-refractivity contribution is 4.99. The van der Waals surface area contributed by atoms with Gasteiger partial charge in [-0.15, -0.1) is 0 Å². The van der Waals surface area contributed by atoms with E-state index in [1.807, 2.05) is 36.4 Å². The van der Waals surface area contributed by atoms with Crippen LogP contribution >= 0.6 is 0 Å². The monoisotopic (exact) mass is 191 g/mol. The summed E-state index contributed by atoms with van der Waals surface area (Å²) in [6.45, 7) is 4.94. The summed E-state index contributed by atoms with van der Waals surface area (Å²) in [6, 6.07) is 12.0. The highest BCUT2D eigenvalue weighted by Crippen LogP contribution is 2.12. The number of piperidine rings is 1. The smallest absolute Gasteiger partial charge is 0.000398 e. The van der Waals surface area contributed by atoms with E-state index in [9.17, 15) is 0 Å². The third-order valence-electron chi connectivity index (χ3n) is 2.53. The number of benzene rings is 1. The van der Waals surface area contributed by atoms with E-state index in [2.05, 4.69) is 18.9 Å². The maximum Gasteiger partial charge on any atom is 0.000398 e. The van der Waals surface area contributed by atoms with E-state index in [-0.39, 0.29) is 0 Å². The third kappa shape index (κ3) is 5.03. The van der Waals surface area contributed by atoms with Gasteiger partial charge in [-0.3, -0.25) is 0 Å². The number of rotatable bonds is 0. The molecular formula is C13H21N. The highest BCUT2D eigenvalue weighted by Gasteiger charge is 2.11. The second-order valence-corrected chi connectivity index (χ2v) is 4.16. The molecule has 0 aromatic heterocycles. The number of likely N-dealkylation sites (tertiary alicyclic amines) is 1. The fourth-order valence-corrected chi connectivity index (χ4v) is 1.81. The van der Waals surface area contributed by atoms with Crippen molar-refractivity contribution in [3.63, 3.8) is 0 Å². The molecule has 1 atom stereocenters. The van der Waals surface area contributed by atoms with Gasteiger partial charge in [0, 0.05) is 6.54 Å². The second-order valence-electron chi connectivity index (χ2n) is 4.16. The summed E-state index contributed by atoms with van der Waals surface area (Å²) in [4.78, 5) is 2.41. The largest absolute Gasteiger partial charge is 0.306 e. The first-order valence-electron chi connectivity index (χ1n) is 5.47. The molecule has 1 aliphatic heterocycles. The highest BCUT2D eigenvalue weighted by atomic mass is 15.1. The normalized spacial score (nSPS) is 22.3. The van der Waals surface area contributed by atoms with Crippen molar-refractivity contribution in [2.45, 2.75) is 19.8 Å². The number of hydrogen-bond acceptors (Lipinski definition) is 1. The summed E-state index contributed by atoms with van der Waals surface area (Å²) in [6.07, 6.45) is 2.84. The van der Waals surface area contributed by atoms with Crippen LogP contribution in [0.15, 0.2) is 36.4 Å². The van der Waals surface area contributed by atoms with Crippen molar-refractivity contribution in [2.75, 3.05) is 20.1 Å². The van der Waals surface area contributed by atoms with Crippen LogP contribution in [0.1, 0.15) is 19.8 Å². The average Bonchev–Trinajstić information content (AvgIpc) is 2.21. The van der Waals surface area contributed by atoms with Crippen molar-refractivity contribution in [1.29, 1.82) is 0 Å². The van der Waals surface area contributed by atoms with Crippen LogP contribution in [0.5, 0.6) is 0 Å². The Labute approximate surface area is 87.7 Å². The zero-order valence-corrected chi connectivity index (χ0v) is 9.32. The molecule has 0 bridgehead atoms. The van der Waals surface area contributed by atoms with Gasteiger partial charge < -0.3 is 4.90 Å². The first-order chi connectivity index (χ1) is 6.79. The fourth-order valence-electron chi connectivity index (χ4n) is 1.81. The van der Waals surface area contributed by atoms with E-state index in [4.69, 9.17) is 0 Å². The molecule has 1 heteroatoms. The Morgan fingerprint density at radius 1 is 1.00 bits per heavy atom. The van der Waals surface area contributed by atoms with Gasteiger partial charge in [0.1, 0.15) is 0 Å². The zero-order valence-electron chi connectivity index (χ0n) is 9.32. The van der Waals surface area contributed by atoms with Crippen LogP contribution in [-0.4, -0.2) is 25.0 Å². The summed E-state index contributed by atoms with van der Waals surface area (Å²) in [7, 11) is 2.20. The Hall–Kier alpha value is -0.820. The standard InChI is InChI=1S/C7H15N.C6H6/c1-7-4-3-5-8(2)6-7;1-2-4-6-5-3-1/h7H,3-6H2,1-2H3;1-6H. The molecule has 1 aliphatic rings. The van der Waals surface area contributed by atoms with Gasteiger partial charge in [0.15, 0.2) is 0 Å². The molecule has 0 radical (unpaired) electrons. The van der Waals surface area contributed by atoms with Crippen molar-refractivity contribution in [1.82, 2.24) is 4.90 Å². The van der Waals surface area contributed by atoms with E-state index < -0.39 is 0 Å². The van der Waals surface area contributed by atoms with E-state index in [1.165, 1.54) is 25.9 Å². The Kier molecular flexibility index (Phi) is 5.31. The maximum absolute atomic E-state index is 2.41. The van der Waals surface area contributed by atoms with Crippen LogP contribution in [-0.2, 0) is 0 Å². The lowest BCUT2D eigenvalue weighted by Crippen LogP contribution is -2.30. The summed E-state index contributed by atoms with van der Waals surface area (Å²) in [5.74, 6) is 0.939. The molecule has 78 valence electrons. The zero-order chi connectivity index (χ0) is 10.2. The van der Waals surface area contributed by atoms with E-state index in [0.29, 0.717) is 0 Å². The molecule has 0 amide bonds. The molecule has 1 saturated heterocycles. The molecule has 1 nitrogen and oxygen atoms in total. The van der Waals surface area contributed by atoms with Gasteiger partial charge >= 0.3 is 0 Å². The predicted molar refractivity (Wildman–Crippen MR) is 62.3 cm³/mol. The summed E-state index contributed by atoms with van der Waals surface area (Å²) < 4.78 is 0. The first-order valence-corrected chi connectivity index (χ1v) is 5.47. The van der Waals surface area contributed by atoms with Crippen LogP contribution < -0.4 is 0 Å². The molecule has 1 fully saturated rings. The van der Waals surface area contributed by atoms with Crippen molar-refractivity contribution in [3.8, 4) is 0 Å². The molecule has 1 heterocycles. The molecule has 1 unspecified atom stereocenters. The Bertz CT molecular complexity index is 185. The second kappa shape index (κ2) is 6.61. The molecule has 1 aromatic carbocycles. The van der Waals surface area contributed by atoms with Crippen molar-refractivity contribution in [2.24, 2.45) is 5.92 Å². The number of hydrogen-bond donors (Lipinski definition) is 0. The minimum absolute atomic E-state index is 0.939. The molecule has 1 aromatic rings. The van der Waals surface area contributed by atoms with Gasteiger partial charge in [-0.1, -0.05) is 43.3 Å². The summed E-state index contributed by atoms with van der Waals surface area (Å²) in [5, 5.41) is 0. The van der Waals surface area contributed by atoms with Gasteiger partial charge in [-0.25, -0.2) is 0 Å². The van der Waals surface area contributed by atoms with Crippen LogP contribution in [0.4, 0.5) is 0 Å². The minimum Gasteiger partial charge on any atom is -0.306 e. The van der Waals surface area contributed by atoms with Gasteiger partial charge in [-0.05, 0) is 32.4 Å². The molecule has 2 rings (SSSR count). The van der Waals surface area contributed by atoms with Gasteiger partial charge in [0.05, 0.1) is 0 Å². The average molecular weight is 191 g/mol. The summed E-state index contributed by atoms with van der Waals surface area (Å²) in [5.41, 5.74) is 0. The molecule has 0 saturated carbocycles.